The Morgan fingerprint density at radius 3 is 2.35 bits per heavy atom. The van der Waals surface area contributed by atoms with Crippen molar-refractivity contribution in [1.82, 2.24) is 0 Å². The normalized spacial score (nSPS) is 9.38. The van der Waals surface area contributed by atoms with Gasteiger partial charge in [-0.15, -0.1) is 0 Å². The molecule has 0 spiro atoms. The molecule has 0 fully saturated rings. The van der Waals surface area contributed by atoms with Gasteiger partial charge in [-0.05, 0) is 18.2 Å². The minimum absolute atomic E-state index is 0.0180. The summed E-state index contributed by atoms with van der Waals surface area (Å²) in [7, 11) is 1.57. The number of hydrogen-bond donors (Lipinski definition) is 2. The molecule has 2 aromatic rings. The maximum Gasteiger partial charge on any atom is 0.271 e. The first-order valence-electron chi connectivity index (χ1n) is 7.42. The van der Waals surface area contributed by atoms with Crippen molar-refractivity contribution < 1.29 is 24.7 Å². The van der Waals surface area contributed by atoms with E-state index in [0.29, 0.717) is 17.1 Å². The zero-order chi connectivity index (χ0) is 19.7. The molecular formula is C17H19N3O6. The average Bonchev–Trinajstić information content (AvgIpc) is 2.61. The molecule has 9 heteroatoms. The molecule has 26 heavy (non-hydrogen) atoms. The second kappa shape index (κ2) is 9.74. The van der Waals surface area contributed by atoms with Gasteiger partial charge < -0.3 is 15.1 Å². The second-order valence-electron chi connectivity index (χ2n) is 5.16. The van der Waals surface area contributed by atoms with Gasteiger partial charge in [0.15, 0.2) is 5.75 Å². The molecule has 9 nitrogen and oxygen atoms in total. The van der Waals surface area contributed by atoms with E-state index in [2.05, 4.69) is 10.2 Å². The van der Waals surface area contributed by atoms with E-state index in [0.717, 1.165) is 0 Å². The first-order chi connectivity index (χ1) is 12.2. The fourth-order valence-electron chi connectivity index (χ4n) is 1.83. The zero-order valence-corrected chi connectivity index (χ0v) is 14.5. The van der Waals surface area contributed by atoms with Gasteiger partial charge in [-0.1, -0.05) is 12.1 Å². The molecule has 0 unspecified atom stereocenters. The monoisotopic (exact) mass is 361 g/mol. The largest absolute Gasteiger partial charge is 0.340 e. The molecule has 0 heterocycles. The van der Waals surface area contributed by atoms with Crippen molar-refractivity contribution in [2.75, 3.05) is 17.3 Å². The number of rotatable bonds is 4. The van der Waals surface area contributed by atoms with Crippen LogP contribution in [0.1, 0.15) is 13.8 Å². The Labute approximate surface area is 149 Å². The summed E-state index contributed by atoms with van der Waals surface area (Å²) in [6, 6.07) is 12.4. The highest BCUT2D eigenvalue weighted by molar-refractivity contribution is 5.91. The molecule has 0 saturated heterocycles. The molecule has 2 rings (SSSR count). The summed E-state index contributed by atoms with van der Waals surface area (Å²) in [6.07, 6.45) is 0. The summed E-state index contributed by atoms with van der Waals surface area (Å²) in [6.45, 7) is 2.81. The van der Waals surface area contributed by atoms with Crippen LogP contribution < -0.4 is 15.1 Å². The van der Waals surface area contributed by atoms with E-state index in [4.69, 9.17) is 5.26 Å². The Bertz CT molecular complexity index is 794. The number of nitro benzene ring substituents is 1. The molecule has 0 saturated carbocycles. The third kappa shape index (κ3) is 6.57. The molecule has 0 atom stereocenters. The number of anilines is 2. The smallest absolute Gasteiger partial charge is 0.271 e. The van der Waals surface area contributed by atoms with Crippen LogP contribution in [0.5, 0.6) is 5.75 Å². The van der Waals surface area contributed by atoms with Gasteiger partial charge in [0.25, 0.3) is 5.69 Å². The standard InChI is InChI=1S/C9H10N2O3.C8H9NO3/c1-7(12)10(2)8-4-3-5-9(6-8)11(13)14;1-6(10)9-7-3-2-4-8(5-7)12-11/h3-6H,1-2H3;2-5,11H,1H3,(H,9,10). The topological polar surface area (TPSA) is 122 Å². The van der Waals surface area contributed by atoms with E-state index < -0.39 is 4.92 Å². The van der Waals surface area contributed by atoms with E-state index in [1.807, 2.05) is 0 Å². The third-order valence-electron chi connectivity index (χ3n) is 3.16. The summed E-state index contributed by atoms with van der Waals surface area (Å²) in [4.78, 5) is 36.9. The summed E-state index contributed by atoms with van der Waals surface area (Å²) in [5.41, 5.74) is 1.09. The average molecular weight is 361 g/mol. The summed E-state index contributed by atoms with van der Waals surface area (Å²) >= 11 is 0. The lowest BCUT2D eigenvalue weighted by Gasteiger charge is -2.13. The van der Waals surface area contributed by atoms with Crippen LogP contribution in [-0.4, -0.2) is 29.0 Å². The van der Waals surface area contributed by atoms with Gasteiger partial charge in [0, 0.05) is 44.8 Å². The van der Waals surface area contributed by atoms with Crippen molar-refractivity contribution in [1.29, 1.82) is 0 Å². The molecule has 2 N–H and O–H groups in total. The number of nitrogens with zero attached hydrogens (tertiary/aromatic N) is 2. The second-order valence-corrected chi connectivity index (χ2v) is 5.16. The van der Waals surface area contributed by atoms with Crippen LogP contribution in [0, 0.1) is 10.1 Å². The molecule has 0 aliphatic carbocycles. The Hall–Kier alpha value is -3.46. The van der Waals surface area contributed by atoms with Gasteiger partial charge in [0.1, 0.15) is 0 Å². The molecule has 0 radical (unpaired) electrons. The van der Waals surface area contributed by atoms with Crippen LogP contribution in [0.15, 0.2) is 48.5 Å². The number of benzene rings is 2. The maximum atomic E-state index is 11.0. The van der Waals surface area contributed by atoms with Crippen molar-refractivity contribution in [3.63, 3.8) is 0 Å². The van der Waals surface area contributed by atoms with Crippen molar-refractivity contribution in [3.8, 4) is 5.75 Å². The molecule has 0 aliphatic heterocycles. The van der Waals surface area contributed by atoms with E-state index in [-0.39, 0.29) is 17.5 Å². The molecule has 0 aromatic heterocycles. The van der Waals surface area contributed by atoms with Gasteiger partial charge in [-0.2, -0.15) is 0 Å². The number of carbonyl (C=O) groups is 2. The summed E-state index contributed by atoms with van der Waals surface area (Å²) in [5, 5.41) is 21.3. The summed E-state index contributed by atoms with van der Waals surface area (Å²) in [5.74, 6) is -0.0307. The number of carbonyl (C=O) groups excluding carboxylic acids is 2. The molecule has 0 bridgehead atoms. The van der Waals surface area contributed by atoms with Crippen LogP contribution >= 0.6 is 0 Å². The fourth-order valence-corrected chi connectivity index (χ4v) is 1.83. The summed E-state index contributed by atoms with van der Waals surface area (Å²) < 4.78 is 0. The van der Waals surface area contributed by atoms with Gasteiger partial charge in [-0.3, -0.25) is 19.7 Å². The first kappa shape index (κ1) is 20.6. The van der Waals surface area contributed by atoms with Crippen LogP contribution in [0.4, 0.5) is 17.1 Å². The highest BCUT2D eigenvalue weighted by atomic mass is 17.1. The zero-order valence-electron chi connectivity index (χ0n) is 14.5. The lowest BCUT2D eigenvalue weighted by Crippen LogP contribution is -2.22. The third-order valence-corrected chi connectivity index (χ3v) is 3.16. The number of amides is 2. The maximum absolute atomic E-state index is 11.0. The molecular weight excluding hydrogens is 342 g/mol. The van der Waals surface area contributed by atoms with Gasteiger partial charge in [0.05, 0.1) is 10.6 Å². The van der Waals surface area contributed by atoms with E-state index in [9.17, 15) is 19.7 Å². The quantitative estimate of drug-likeness (QED) is 0.490. The van der Waals surface area contributed by atoms with Crippen LogP contribution in [0.2, 0.25) is 0 Å². The van der Waals surface area contributed by atoms with Crippen molar-refractivity contribution in [2.45, 2.75) is 13.8 Å². The van der Waals surface area contributed by atoms with Crippen molar-refractivity contribution >= 4 is 28.9 Å². The lowest BCUT2D eigenvalue weighted by molar-refractivity contribution is -0.384. The van der Waals surface area contributed by atoms with Crippen LogP contribution in [0.25, 0.3) is 0 Å². The Morgan fingerprint density at radius 2 is 1.81 bits per heavy atom. The van der Waals surface area contributed by atoms with Gasteiger partial charge in [-0.25, -0.2) is 5.26 Å². The molecule has 2 aromatic carbocycles. The lowest BCUT2D eigenvalue weighted by atomic mass is 10.2. The number of non-ortho nitro benzene ring substituents is 1. The Kier molecular flexibility index (Phi) is 7.71. The fraction of sp³-hybridized carbons (Fsp3) is 0.176. The van der Waals surface area contributed by atoms with E-state index in [1.54, 1.807) is 37.4 Å². The molecule has 0 aliphatic rings. The minimum Gasteiger partial charge on any atom is -0.340 e. The minimum atomic E-state index is -0.489. The van der Waals surface area contributed by atoms with Gasteiger partial charge in [0.2, 0.25) is 11.8 Å². The highest BCUT2D eigenvalue weighted by Gasteiger charge is 2.10. The van der Waals surface area contributed by atoms with Crippen LogP contribution in [0.3, 0.4) is 0 Å². The van der Waals surface area contributed by atoms with Gasteiger partial charge >= 0.3 is 0 Å². The van der Waals surface area contributed by atoms with Crippen molar-refractivity contribution in [3.05, 3.63) is 58.6 Å². The predicted molar refractivity (Wildman–Crippen MR) is 96.2 cm³/mol. The van der Waals surface area contributed by atoms with Crippen molar-refractivity contribution in [2.24, 2.45) is 0 Å². The number of hydrogen-bond acceptors (Lipinski definition) is 6. The molecule has 2 amide bonds. The number of nitro groups is 1. The van der Waals surface area contributed by atoms with Crippen LogP contribution in [-0.2, 0) is 9.59 Å². The molecule has 138 valence electrons. The van der Waals surface area contributed by atoms with E-state index >= 15 is 0 Å². The highest BCUT2D eigenvalue weighted by Crippen LogP contribution is 2.19. The Balaban J connectivity index is 0.000000263. The number of nitrogens with one attached hydrogen (secondary N) is 1. The SMILES string of the molecule is CC(=O)N(C)c1cccc([N+](=O)[O-])c1.CC(=O)Nc1cccc(OO)c1. The first-order valence-corrected chi connectivity index (χ1v) is 7.42. The Morgan fingerprint density at radius 1 is 1.15 bits per heavy atom. The predicted octanol–water partition coefficient (Wildman–Crippen LogP) is 3.07. The van der Waals surface area contributed by atoms with E-state index in [1.165, 1.54) is 36.9 Å².